The maximum atomic E-state index is 10.1. The van der Waals surface area contributed by atoms with Gasteiger partial charge in [-0.2, -0.15) is 0 Å². The Kier molecular flexibility index (Phi) is 6.52. The Morgan fingerprint density at radius 1 is 1.38 bits per heavy atom. The molecule has 3 atom stereocenters. The highest BCUT2D eigenvalue weighted by Gasteiger charge is 2.22. The molecule has 1 saturated carbocycles. The summed E-state index contributed by atoms with van der Waals surface area (Å²) in [6, 6.07) is 6.10. The first-order valence-electron chi connectivity index (χ1n) is 7.86. The maximum absolute atomic E-state index is 10.1. The molecule has 1 aliphatic rings. The van der Waals surface area contributed by atoms with Crippen LogP contribution >= 0.6 is 15.9 Å². The summed E-state index contributed by atoms with van der Waals surface area (Å²) >= 11 is 3.49. The summed E-state index contributed by atoms with van der Waals surface area (Å²) in [5, 5.41) is 13.3. The van der Waals surface area contributed by atoms with Crippen LogP contribution in [0.3, 0.4) is 0 Å². The lowest BCUT2D eigenvalue weighted by Crippen LogP contribution is -2.32. The van der Waals surface area contributed by atoms with E-state index in [0.29, 0.717) is 25.2 Å². The summed E-state index contributed by atoms with van der Waals surface area (Å²) in [7, 11) is 0. The van der Waals surface area contributed by atoms with Crippen LogP contribution in [-0.4, -0.2) is 30.5 Å². The minimum absolute atomic E-state index is 0.323. The summed E-state index contributed by atoms with van der Waals surface area (Å²) in [6.07, 6.45) is 4.80. The van der Waals surface area contributed by atoms with Gasteiger partial charge < -0.3 is 15.2 Å². The van der Waals surface area contributed by atoms with Gasteiger partial charge in [-0.05, 0) is 49.4 Å². The zero-order valence-electron chi connectivity index (χ0n) is 12.9. The summed E-state index contributed by atoms with van der Waals surface area (Å²) < 4.78 is 6.99. The van der Waals surface area contributed by atoms with E-state index in [0.717, 1.165) is 16.6 Å². The van der Waals surface area contributed by atoms with Crippen LogP contribution in [0.2, 0.25) is 0 Å². The van der Waals surface area contributed by atoms with Crippen molar-refractivity contribution < 1.29 is 9.84 Å². The third kappa shape index (κ3) is 5.28. The van der Waals surface area contributed by atoms with E-state index in [4.69, 9.17) is 4.74 Å². The molecule has 3 nitrogen and oxygen atoms in total. The first-order chi connectivity index (χ1) is 10.1. The first kappa shape index (κ1) is 16.8. The second-order valence-corrected chi connectivity index (χ2v) is 6.99. The molecular weight excluding hydrogens is 330 g/mol. The molecule has 0 aromatic heterocycles. The number of aliphatic hydroxyl groups excluding tert-OH is 1. The Hall–Kier alpha value is -0.580. The van der Waals surface area contributed by atoms with E-state index in [2.05, 4.69) is 41.2 Å². The molecule has 1 aromatic carbocycles. The number of hydrogen-bond donors (Lipinski definition) is 2. The zero-order valence-corrected chi connectivity index (χ0v) is 14.5. The quantitative estimate of drug-likeness (QED) is 0.806. The van der Waals surface area contributed by atoms with Gasteiger partial charge in [0.1, 0.15) is 0 Å². The van der Waals surface area contributed by atoms with Gasteiger partial charge in [-0.15, -0.1) is 0 Å². The van der Waals surface area contributed by atoms with Crippen molar-refractivity contribution in [3.8, 4) is 0 Å². The highest BCUT2D eigenvalue weighted by Crippen LogP contribution is 2.26. The standard InChI is InChI=1S/C17H26BrNO2/c1-12-5-3-4-6-17(12)21-11-15(20)10-19-14-7-8-16(18)13(2)9-14/h7-9,12,15,17,19-20H,3-6,10-11H2,1-2H3. The molecule has 1 aromatic rings. The smallest absolute Gasteiger partial charge is 0.0945 e. The molecule has 0 saturated heterocycles. The third-order valence-electron chi connectivity index (χ3n) is 4.24. The van der Waals surface area contributed by atoms with Gasteiger partial charge in [-0.3, -0.25) is 0 Å². The average molecular weight is 356 g/mol. The van der Waals surface area contributed by atoms with Gasteiger partial charge in [0.2, 0.25) is 0 Å². The van der Waals surface area contributed by atoms with Crippen molar-refractivity contribution in [3.05, 3.63) is 28.2 Å². The van der Waals surface area contributed by atoms with E-state index in [9.17, 15) is 5.11 Å². The van der Waals surface area contributed by atoms with Crippen molar-refractivity contribution >= 4 is 21.6 Å². The summed E-state index contributed by atoms with van der Waals surface area (Å²) in [4.78, 5) is 0. The Labute approximate surface area is 136 Å². The molecule has 0 aliphatic heterocycles. The maximum Gasteiger partial charge on any atom is 0.0945 e. The van der Waals surface area contributed by atoms with Crippen LogP contribution in [0.15, 0.2) is 22.7 Å². The van der Waals surface area contributed by atoms with Crippen molar-refractivity contribution in [2.45, 2.75) is 51.7 Å². The van der Waals surface area contributed by atoms with E-state index < -0.39 is 6.10 Å². The fraction of sp³-hybridized carbons (Fsp3) is 0.647. The van der Waals surface area contributed by atoms with E-state index in [1.165, 1.54) is 24.8 Å². The second kappa shape index (κ2) is 8.16. The number of aliphatic hydroxyl groups is 1. The van der Waals surface area contributed by atoms with E-state index in [-0.39, 0.29) is 0 Å². The predicted molar refractivity (Wildman–Crippen MR) is 90.7 cm³/mol. The van der Waals surface area contributed by atoms with Gasteiger partial charge in [-0.1, -0.05) is 35.7 Å². The van der Waals surface area contributed by atoms with Crippen molar-refractivity contribution in [3.63, 3.8) is 0 Å². The molecule has 2 rings (SSSR count). The van der Waals surface area contributed by atoms with Gasteiger partial charge in [-0.25, -0.2) is 0 Å². The molecule has 2 N–H and O–H groups in total. The van der Waals surface area contributed by atoms with Gasteiger partial charge >= 0.3 is 0 Å². The topological polar surface area (TPSA) is 41.5 Å². The van der Waals surface area contributed by atoms with Gasteiger partial charge in [0.15, 0.2) is 0 Å². The Balaban J connectivity index is 1.71. The molecular formula is C17H26BrNO2. The monoisotopic (exact) mass is 355 g/mol. The number of halogens is 1. The molecule has 4 heteroatoms. The largest absolute Gasteiger partial charge is 0.389 e. The lowest BCUT2D eigenvalue weighted by atomic mass is 9.88. The van der Waals surface area contributed by atoms with Crippen LogP contribution in [0.1, 0.15) is 38.2 Å². The zero-order chi connectivity index (χ0) is 15.2. The number of rotatable bonds is 6. The Morgan fingerprint density at radius 3 is 2.86 bits per heavy atom. The normalized spacial score (nSPS) is 23.8. The SMILES string of the molecule is Cc1cc(NCC(O)COC2CCCCC2C)ccc1Br. The minimum atomic E-state index is -0.469. The Morgan fingerprint density at radius 2 is 2.14 bits per heavy atom. The highest BCUT2D eigenvalue weighted by molar-refractivity contribution is 9.10. The Bertz CT molecular complexity index is 452. The number of hydrogen-bond acceptors (Lipinski definition) is 3. The molecule has 1 fully saturated rings. The number of benzene rings is 1. The van der Waals surface area contributed by atoms with Gasteiger partial charge in [0.05, 0.1) is 18.8 Å². The molecule has 0 radical (unpaired) electrons. The molecule has 1 aliphatic carbocycles. The van der Waals surface area contributed by atoms with Crippen LogP contribution in [0.25, 0.3) is 0 Å². The van der Waals surface area contributed by atoms with Gasteiger partial charge in [0, 0.05) is 16.7 Å². The highest BCUT2D eigenvalue weighted by atomic mass is 79.9. The van der Waals surface area contributed by atoms with Crippen molar-refractivity contribution in [1.29, 1.82) is 0 Å². The van der Waals surface area contributed by atoms with Crippen molar-refractivity contribution in [2.75, 3.05) is 18.5 Å². The molecule has 0 heterocycles. The van der Waals surface area contributed by atoms with Crippen LogP contribution in [-0.2, 0) is 4.74 Å². The first-order valence-corrected chi connectivity index (χ1v) is 8.65. The number of ether oxygens (including phenoxy) is 1. The van der Waals surface area contributed by atoms with Crippen LogP contribution in [0.5, 0.6) is 0 Å². The average Bonchev–Trinajstić information content (AvgIpc) is 2.47. The third-order valence-corrected chi connectivity index (χ3v) is 5.12. The number of nitrogens with one attached hydrogen (secondary N) is 1. The van der Waals surface area contributed by atoms with Gasteiger partial charge in [0.25, 0.3) is 0 Å². The summed E-state index contributed by atoms with van der Waals surface area (Å²) in [5.41, 5.74) is 2.21. The fourth-order valence-electron chi connectivity index (χ4n) is 2.81. The second-order valence-electron chi connectivity index (χ2n) is 6.13. The van der Waals surface area contributed by atoms with Crippen molar-refractivity contribution in [1.82, 2.24) is 0 Å². The molecule has 0 amide bonds. The number of aryl methyl sites for hydroxylation is 1. The lowest BCUT2D eigenvalue weighted by molar-refractivity contribution is -0.0424. The predicted octanol–water partition coefficient (Wildman–Crippen LogP) is 4.13. The summed E-state index contributed by atoms with van der Waals surface area (Å²) in [6.45, 7) is 5.23. The van der Waals surface area contributed by atoms with E-state index >= 15 is 0 Å². The fourth-order valence-corrected chi connectivity index (χ4v) is 3.06. The van der Waals surface area contributed by atoms with E-state index in [1.54, 1.807) is 0 Å². The number of anilines is 1. The van der Waals surface area contributed by atoms with Crippen LogP contribution < -0.4 is 5.32 Å². The minimum Gasteiger partial charge on any atom is -0.389 e. The molecule has 0 spiro atoms. The van der Waals surface area contributed by atoms with Crippen LogP contribution in [0.4, 0.5) is 5.69 Å². The van der Waals surface area contributed by atoms with E-state index in [1.807, 2.05) is 12.1 Å². The molecule has 3 unspecified atom stereocenters. The molecule has 118 valence electrons. The molecule has 0 bridgehead atoms. The van der Waals surface area contributed by atoms with Crippen LogP contribution in [0, 0.1) is 12.8 Å². The lowest BCUT2D eigenvalue weighted by Gasteiger charge is -2.29. The summed E-state index contributed by atoms with van der Waals surface area (Å²) in [5.74, 6) is 0.619. The molecule has 21 heavy (non-hydrogen) atoms. The van der Waals surface area contributed by atoms with Crippen molar-refractivity contribution in [2.24, 2.45) is 5.92 Å².